The Morgan fingerprint density at radius 1 is 1.20 bits per heavy atom. The third-order valence-electron chi connectivity index (χ3n) is 3.21. The zero-order chi connectivity index (χ0) is 10.5. The third-order valence-corrected chi connectivity index (χ3v) is 3.21. The molecule has 0 saturated heterocycles. The molecular weight excluding hydrogens is 184 g/mol. The van der Waals surface area contributed by atoms with Gasteiger partial charge in [-0.2, -0.15) is 5.10 Å². The van der Waals surface area contributed by atoms with Gasteiger partial charge in [-0.1, -0.05) is 32.0 Å². The van der Waals surface area contributed by atoms with E-state index in [4.69, 9.17) is 0 Å². The van der Waals surface area contributed by atoms with Crippen molar-refractivity contribution < 1.29 is 0 Å². The molecule has 15 heavy (non-hydrogen) atoms. The van der Waals surface area contributed by atoms with Crippen LogP contribution in [0.1, 0.15) is 25.1 Å². The molecule has 0 saturated carbocycles. The van der Waals surface area contributed by atoms with Gasteiger partial charge in [0.2, 0.25) is 0 Å². The summed E-state index contributed by atoms with van der Waals surface area (Å²) in [7, 11) is 0. The fourth-order valence-corrected chi connectivity index (χ4v) is 2.46. The third kappa shape index (κ3) is 1.14. The zero-order valence-corrected chi connectivity index (χ0v) is 9.07. The molecule has 1 aromatic carbocycles. The smallest absolute Gasteiger partial charge is 0.0686 e. The molecule has 0 spiro atoms. The molecule has 2 nitrogen and oxygen atoms in total. The molecule has 1 aromatic heterocycles. The summed E-state index contributed by atoms with van der Waals surface area (Å²) < 4.78 is 2.06. The van der Waals surface area contributed by atoms with Crippen molar-refractivity contribution in [3.8, 4) is 5.69 Å². The van der Waals surface area contributed by atoms with Crippen molar-refractivity contribution in [1.29, 1.82) is 0 Å². The number of hydrogen-bond donors (Lipinski definition) is 0. The van der Waals surface area contributed by atoms with Crippen LogP contribution in [0.5, 0.6) is 0 Å². The molecule has 0 unspecified atom stereocenters. The summed E-state index contributed by atoms with van der Waals surface area (Å²) in [5.74, 6) is 0. The predicted molar refractivity (Wildman–Crippen MR) is 60.3 cm³/mol. The molecule has 0 radical (unpaired) electrons. The van der Waals surface area contributed by atoms with E-state index >= 15 is 0 Å². The fourth-order valence-electron chi connectivity index (χ4n) is 2.46. The number of rotatable bonds is 0. The molecule has 2 heterocycles. The zero-order valence-electron chi connectivity index (χ0n) is 9.07. The molecule has 1 aliphatic heterocycles. The summed E-state index contributed by atoms with van der Waals surface area (Å²) in [4.78, 5) is 0. The van der Waals surface area contributed by atoms with Crippen LogP contribution in [0.3, 0.4) is 0 Å². The van der Waals surface area contributed by atoms with Gasteiger partial charge in [-0.3, -0.25) is 0 Å². The van der Waals surface area contributed by atoms with E-state index in [1.807, 2.05) is 6.20 Å². The van der Waals surface area contributed by atoms with E-state index in [0.717, 1.165) is 6.42 Å². The molecule has 0 atom stereocenters. The van der Waals surface area contributed by atoms with Crippen LogP contribution in [-0.4, -0.2) is 9.78 Å². The van der Waals surface area contributed by atoms with E-state index in [0.29, 0.717) is 0 Å². The van der Waals surface area contributed by atoms with E-state index in [2.05, 4.69) is 54.0 Å². The van der Waals surface area contributed by atoms with E-state index in [1.165, 1.54) is 16.9 Å². The number of nitrogens with zero attached hydrogens (tertiary/aromatic N) is 2. The van der Waals surface area contributed by atoms with Gasteiger partial charge in [0.1, 0.15) is 0 Å². The Morgan fingerprint density at radius 3 is 2.87 bits per heavy atom. The minimum atomic E-state index is 0.215. The van der Waals surface area contributed by atoms with Crippen molar-refractivity contribution in [3.63, 3.8) is 0 Å². The van der Waals surface area contributed by atoms with Gasteiger partial charge < -0.3 is 0 Å². The fraction of sp³-hybridized carbons (Fsp3) is 0.308. The number of hydrogen-bond acceptors (Lipinski definition) is 1. The van der Waals surface area contributed by atoms with Gasteiger partial charge in [-0.25, -0.2) is 4.68 Å². The van der Waals surface area contributed by atoms with Crippen molar-refractivity contribution in [1.82, 2.24) is 9.78 Å². The van der Waals surface area contributed by atoms with Crippen LogP contribution in [0.25, 0.3) is 5.69 Å². The summed E-state index contributed by atoms with van der Waals surface area (Å²) in [6.07, 6.45) is 2.94. The Labute approximate surface area is 89.5 Å². The minimum absolute atomic E-state index is 0.215. The molecule has 0 bridgehead atoms. The number of para-hydroxylation sites is 1. The monoisotopic (exact) mass is 198 g/mol. The molecule has 1 aliphatic rings. The quantitative estimate of drug-likeness (QED) is 0.636. The van der Waals surface area contributed by atoms with Crippen LogP contribution < -0.4 is 0 Å². The van der Waals surface area contributed by atoms with Gasteiger partial charge in [0.05, 0.1) is 5.69 Å². The van der Waals surface area contributed by atoms with Crippen molar-refractivity contribution in [2.75, 3.05) is 0 Å². The Hall–Kier alpha value is -1.57. The highest BCUT2D eigenvalue weighted by molar-refractivity contribution is 5.49. The second kappa shape index (κ2) is 2.72. The predicted octanol–water partition coefficient (Wildman–Crippen LogP) is 2.71. The Bertz CT molecular complexity index is 509. The van der Waals surface area contributed by atoms with Crippen molar-refractivity contribution >= 4 is 0 Å². The van der Waals surface area contributed by atoms with E-state index < -0.39 is 0 Å². The van der Waals surface area contributed by atoms with Gasteiger partial charge in [-0.05, 0) is 29.5 Å². The van der Waals surface area contributed by atoms with E-state index in [1.54, 1.807) is 0 Å². The number of aromatic nitrogens is 2. The maximum absolute atomic E-state index is 4.38. The summed E-state index contributed by atoms with van der Waals surface area (Å²) in [5, 5.41) is 4.38. The van der Waals surface area contributed by atoms with Crippen LogP contribution >= 0.6 is 0 Å². The Morgan fingerprint density at radius 2 is 2.00 bits per heavy atom. The summed E-state index contributed by atoms with van der Waals surface area (Å²) in [5.41, 5.74) is 4.14. The minimum Gasteiger partial charge on any atom is -0.238 e. The normalized spacial score (nSPS) is 16.9. The Balaban J connectivity index is 2.34. The second-order valence-corrected chi connectivity index (χ2v) is 4.81. The average Bonchev–Trinajstić information content (AvgIpc) is 2.65. The van der Waals surface area contributed by atoms with Gasteiger partial charge in [0.25, 0.3) is 0 Å². The highest BCUT2D eigenvalue weighted by Gasteiger charge is 2.30. The lowest BCUT2D eigenvalue weighted by Crippen LogP contribution is -2.29. The summed E-state index contributed by atoms with van der Waals surface area (Å²) >= 11 is 0. The average molecular weight is 198 g/mol. The lowest BCUT2D eigenvalue weighted by Gasteiger charge is -2.32. The first-order valence-corrected chi connectivity index (χ1v) is 5.31. The molecule has 76 valence electrons. The van der Waals surface area contributed by atoms with Gasteiger partial charge in [0, 0.05) is 11.9 Å². The molecule has 0 fully saturated rings. The molecule has 0 aliphatic carbocycles. The molecule has 2 heteroatoms. The highest BCUT2D eigenvalue weighted by Crippen LogP contribution is 2.36. The molecular formula is C13H14N2. The van der Waals surface area contributed by atoms with Gasteiger partial charge in [-0.15, -0.1) is 0 Å². The lowest BCUT2D eigenvalue weighted by atomic mass is 9.77. The molecule has 0 amide bonds. The largest absolute Gasteiger partial charge is 0.238 e. The summed E-state index contributed by atoms with van der Waals surface area (Å²) in [6.45, 7) is 4.59. The van der Waals surface area contributed by atoms with E-state index in [-0.39, 0.29) is 5.41 Å². The van der Waals surface area contributed by atoms with Crippen molar-refractivity contribution in [2.24, 2.45) is 0 Å². The topological polar surface area (TPSA) is 17.8 Å². The van der Waals surface area contributed by atoms with Crippen LogP contribution in [0.4, 0.5) is 0 Å². The van der Waals surface area contributed by atoms with Crippen molar-refractivity contribution in [2.45, 2.75) is 25.7 Å². The van der Waals surface area contributed by atoms with Gasteiger partial charge >= 0.3 is 0 Å². The molecule has 2 aromatic rings. The maximum atomic E-state index is 4.38. The second-order valence-electron chi connectivity index (χ2n) is 4.81. The van der Waals surface area contributed by atoms with Gasteiger partial charge in [0.15, 0.2) is 0 Å². The van der Waals surface area contributed by atoms with Crippen LogP contribution in [0.15, 0.2) is 36.5 Å². The van der Waals surface area contributed by atoms with Crippen LogP contribution in [0.2, 0.25) is 0 Å². The SMILES string of the molecule is CC1(C)Cc2ccnn2-c2ccccc21. The van der Waals surface area contributed by atoms with E-state index in [9.17, 15) is 0 Å². The first-order valence-electron chi connectivity index (χ1n) is 5.31. The number of fused-ring (bicyclic) bond motifs is 3. The summed E-state index contributed by atoms with van der Waals surface area (Å²) in [6, 6.07) is 10.6. The van der Waals surface area contributed by atoms with Crippen LogP contribution in [-0.2, 0) is 11.8 Å². The lowest BCUT2D eigenvalue weighted by molar-refractivity contribution is 0.481. The maximum Gasteiger partial charge on any atom is 0.0686 e. The first-order chi connectivity index (χ1) is 7.18. The van der Waals surface area contributed by atoms with Crippen LogP contribution in [0, 0.1) is 0 Å². The Kier molecular flexibility index (Phi) is 1.58. The number of benzene rings is 1. The standard InChI is InChI=1S/C13H14N2/c1-13(2)9-10-7-8-14-15(10)12-6-4-3-5-11(12)13/h3-8H,9H2,1-2H3. The molecule has 3 rings (SSSR count). The highest BCUT2D eigenvalue weighted by atomic mass is 15.3. The van der Waals surface area contributed by atoms with Crippen molar-refractivity contribution in [3.05, 3.63) is 47.8 Å². The first kappa shape index (κ1) is 8.72. The molecule has 0 N–H and O–H groups in total.